The van der Waals surface area contributed by atoms with Gasteiger partial charge in [0, 0.05) is 43.8 Å². The second kappa shape index (κ2) is 8.70. The summed E-state index contributed by atoms with van der Waals surface area (Å²) in [5.74, 6) is -0.231. The third-order valence-electron chi connectivity index (χ3n) is 4.94. The molecule has 4 rings (SSSR count). The SMILES string of the molecule is CCCN1CCN(c2nnc(-n3cccc3CNc3ccc(F)cc3)s2)CC1. The van der Waals surface area contributed by atoms with Crippen molar-refractivity contribution in [1.29, 1.82) is 0 Å². The Morgan fingerprint density at radius 1 is 1.04 bits per heavy atom. The molecule has 148 valence electrons. The first-order valence-electron chi connectivity index (χ1n) is 9.70. The number of rotatable bonds is 7. The summed E-state index contributed by atoms with van der Waals surface area (Å²) in [5, 5.41) is 14.0. The average molecular weight is 401 g/mol. The summed E-state index contributed by atoms with van der Waals surface area (Å²) in [5.41, 5.74) is 1.97. The van der Waals surface area contributed by atoms with Crippen molar-refractivity contribution in [3.8, 4) is 5.13 Å². The van der Waals surface area contributed by atoms with Crippen molar-refractivity contribution < 1.29 is 4.39 Å². The van der Waals surface area contributed by atoms with Gasteiger partial charge in [0.2, 0.25) is 10.3 Å². The van der Waals surface area contributed by atoms with Crippen molar-refractivity contribution >= 4 is 22.2 Å². The minimum Gasteiger partial charge on any atom is -0.379 e. The van der Waals surface area contributed by atoms with E-state index >= 15 is 0 Å². The largest absolute Gasteiger partial charge is 0.379 e. The maximum absolute atomic E-state index is 13.0. The number of benzene rings is 1. The van der Waals surface area contributed by atoms with E-state index in [1.807, 2.05) is 12.3 Å². The number of aromatic nitrogens is 3. The topological polar surface area (TPSA) is 49.2 Å². The highest BCUT2D eigenvalue weighted by Gasteiger charge is 2.20. The van der Waals surface area contributed by atoms with Gasteiger partial charge in [-0.25, -0.2) is 4.39 Å². The second-order valence-corrected chi connectivity index (χ2v) is 7.86. The van der Waals surface area contributed by atoms with Crippen molar-refractivity contribution in [2.75, 3.05) is 42.9 Å². The minimum atomic E-state index is -0.231. The third kappa shape index (κ3) is 4.34. The summed E-state index contributed by atoms with van der Waals surface area (Å²) >= 11 is 1.62. The van der Waals surface area contributed by atoms with Gasteiger partial charge in [-0.1, -0.05) is 18.3 Å². The zero-order chi connectivity index (χ0) is 19.3. The minimum absolute atomic E-state index is 0.231. The van der Waals surface area contributed by atoms with Gasteiger partial charge in [0.1, 0.15) is 5.82 Å². The first-order valence-corrected chi connectivity index (χ1v) is 10.5. The highest BCUT2D eigenvalue weighted by molar-refractivity contribution is 7.17. The molecule has 0 amide bonds. The van der Waals surface area contributed by atoms with Crippen LogP contribution < -0.4 is 10.2 Å². The lowest BCUT2D eigenvalue weighted by Gasteiger charge is -2.33. The number of hydrogen-bond acceptors (Lipinski definition) is 6. The first kappa shape index (κ1) is 18.9. The quantitative estimate of drug-likeness (QED) is 0.657. The van der Waals surface area contributed by atoms with E-state index in [1.54, 1.807) is 23.5 Å². The Hall–Kier alpha value is -2.45. The van der Waals surface area contributed by atoms with E-state index in [-0.39, 0.29) is 5.82 Å². The Balaban J connectivity index is 1.40. The number of anilines is 2. The molecule has 0 aliphatic carbocycles. The van der Waals surface area contributed by atoms with E-state index in [0.29, 0.717) is 6.54 Å². The van der Waals surface area contributed by atoms with Gasteiger partial charge in [-0.3, -0.25) is 9.47 Å². The standard InChI is InChI=1S/C20H25FN6S/c1-2-9-25-11-13-26(14-12-25)19-23-24-20(28-19)27-10-3-4-18(27)15-22-17-7-5-16(21)6-8-17/h3-8,10,22H,2,9,11-15H2,1H3. The monoisotopic (exact) mass is 400 g/mol. The van der Waals surface area contributed by atoms with Crippen molar-refractivity contribution in [2.45, 2.75) is 19.9 Å². The molecule has 1 saturated heterocycles. The van der Waals surface area contributed by atoms with E-state index in [1.165, 1.54) is 25.1 Å². The maximum atomic E-state index is 13.0. The molecule has 1 fully saturated rings. The van der Waals surface area contributed by atoms with Crippen LogP contribution in [0, 0.1) is 5.82 Å². The van der Waals surface area contributed by atoms with Crippen LogP contribution in [-0.2, 0) is 6.54 Å². The fourth-order valence-electron chi connectivity index (χ4n) is 3.42. The van der Waals surface area contributed by atoms with E-state index in [9.17, 15) is 4.39 Å². The average Bonchev–Trinajstić information content (AvgIpc) is 3.38. The molecule has 6 nitrogen and oxygen atoms in total. The zero-order valence-corrected chi connectivity index (χ0v) is 16.8. The van der Waals surface area contributed by atoms with Gasteiger partial charge < -0.3 is 10.2 Å². The predicted molar refractivity (Wildman–Crippen MR) is 112 cm³/mol. The Morgan fingerprint density at radius 2 is 1.79 bits per heavy atom. The number of hydrogen-bond donors (Lipinski definition) is 1. The molecule has 8 heteroatoms. The summed E-state index contributed by atoms with van der Waals surface area (Å²) in [6.07, 6.45) is 3.20. The van der Waals surface area contributed by atoms with Crippen LogP contribution in [0.15, 0.2) is 42.6 Å². The fourth-order valence-corrected chi connectivity index (χ4v) is 4.33. The summed E-state index contributed by atoms with van der Waals surface area (Å²) < 4.78 is 15.1. The van der Waals surface area contributed by atoms with Crippen molar-refractivity contribution in [2.24, 2.45) is 0 Å². The Bertz CT molecular complexity index is 882. The van der Waals surface area contributed by atoms with Crippen molar-refractivity contribution in [3.63, 3.8) is 0 Å². The molecule has 1 aliphatic rings. The smallest absolute Gasteiger partial charge is 0.218 e. The Morgan fingerprint density at radius 3 is 2.54 bits per heavy atom. The normalized spacial score (nSPS) is 15.1. The molecular formula is C20H25FN6S. The molecule has 3 heterocycles. The Kier molecular flexibility index (Phi) is 5.87. The highest BCUT2D eigenvalue weighted by atomic mass is 32.1. The van der Waals surface area contributed by atoms with Crippen LogP contribution in [0.25, 0.3) is 5.13 Å². The van der Waals surface area contributed by atoms with Gasteiger partial charge in [-0.2, -0.15) is 0 Å². The second-order valence-electron chi connectivity index (χ2n) is 6.93. The van der Waals surface area contributed by atoms with Crippen molar-refractivity contribution in [1.82, 2.24) is 19.7 Å². The molecule has 0 unspecified atom stereocenters. The molecule has 1 aliphatic heterocycles. The van der Waals surface area contributed by atoms with Crippen molar-refractivity contribution in [3.05, 3.63) is 54.1 Å². The molecule has 2 aromatic heterocycles. The lowest BCUT2D eigenvalue weighted by atomic mass is 10.3. The summed E-state index contributed by atoms with van der Waals surface area (Å²) in [6.45, 7) is 8.19. The molecule has 0 atom stereocenters. The molecule has 3 aromatic rings. The zero-order valence-electron chi connectivity index (χ0n) is 16.0. The molecule has 0 saturated carbocycles. The predicted octanol–water partition coefficient (Wildman–Crippen LogP) is 3.61. The summed E-state index contributed by atoms with van der Waals surface area (Å²) in [4.78, 5) is 4.83. The third-order valence-corrected chi connectivity index (χ3v) is 5.93. The van der Waals surface area contributed by atoms with Gasteiger partial charge in [0.15, 0.2) is 0 Å². The maximum Gasteiger partial charge on any atom is 0.218 e. The van der Waals surface area contributed by atoms with Crippen LogP contribution in [0.1, 0.15) is 19.0 Å². The summed E-state index contributed by atoms with van der Waals surface area (Å²) in [6, 6.07) is 10.5. The number of piperazine rings is 1. The van der Waals surface area contributed by atoms with Gasteiger partial charge in [0.25, 0.3) is 0 Å². The lowest BCUT2D eigenvalue weighted by molar-refractivity contribution is 0.258. The van der Waals surface area contributed by atoms with E-state index in [0.717, 1.165) is 47.8 Å². The Labute approximate surface area is 168 Å². The fraction of sp³-hybridized carbons (Fsp3) is 0.400. The van der Waals surface area contributed by atoms with Crippen LogP contribution in [0.4, 0.5) is 15.2 Å². The van der Waals surface area contributed by atoms with Gasteiger partial charge in [-0.15, -0.1) is 10.2 Å². The first-order chi connectivity index (χ1) is 13.7. The molecular weight excluding hydrogens is 375 g/mol. The summed E-state index contributed by atoms with van der Waals surface area (Å²) in [7, 11) is 0. The van der Waals surface area contributed by atoms with E-state index in [2.05, 4.69) is 42.9 Å². The van der Waals surface area contributed by atoms with Crippen LogP contribution >= 0.6 is 11.3 Å². The molecule has 28 heavy (non-hydrogen) atoms. The molecule has 0 bridgehead atoms. The number of nitrogens with one attached hydrogen (secondary N) is 1. The number of halogens is 1. The van der Waals surface area contributed by atoms with Crippen LogP contribution in [-0.4, -0.2) is 52.4 Å². The molecule has 1 aromatic carbocycles. The van der Waals surface area contributed by atoms with Gasteiger partial charge in [-0.05, 0) is 49.4 Å². The lowest BCUT2D eigenvalue weighted by Crippen LogP contribution is -2.46. The van der Waals surface area contributed by atoms with Crippen LogP contribution in [0.5, 0.6) is 0 Å². The van der Waals surface area contributed by atoms with Crippen LogP contribution in [0.2, 0.25) is 0 Å². The molecule has 0 spiro atoms. The number of nitrogens with zero attached hydrogens (tertiary/aromatic N) is 5. The van der Waals surface area contributed by atoms with E-state index in [4.69, 9.17) is 0 Å². The highest BCUT2D eigenvalue weighted by Crippen LogP contribution is 2.25. The molecule has 1 N–H and O–H groups in total. The van der Waals surface area contributed by atoms with Gasteiger partial charge in [0.05, 0.1) is 6.54 Å². The van der Waals surface area contributed by atoms with E-state index < -0.39 is 0 Å². The van der Waals surface area contributed by atoms with Gasteiger partial charge >= 0.3 is 0 Å². The molecule has 0 radical (unpaired) electrons. The van der Waals surface area contributed by atoms with Crippen LogP contribution in [0.3, 0.4) is 0 Å².